The molecule has 0 aliphatic rings. The topological polar surface area (TPSA) is 0 Å². The molecule has 0 bridgehead atoms. The third-order valence-corrected chi connectivity index (χ3v) is 6.17. The molecule has 0 spiro atoms. The Labute approximate surface area is 69.5 Å². The van der Waals surface area contributed by atoms with Crippen molar-refractivity contribution in [1.29, 1.82) is 0 Å². The van der Waals surface area contributed by atoms with Crippen LogP contribution in [0.2, 0.25) is 7.93 Å². The normalized spacial score (nSPS) is 17.3. The molecule has 2 atom stereocenters. The van der Waals surface area contributed by atoms with Crippen LogP contribution < -0.4 is 0 Å². The number of rotatable bonds is 4. The minimum atomic E-state index is 0.334. The van der Waals surface area contributed by atoms with E-state index in [0.717, 1.165) is 7.93 Å². The van der Waals surface area contributed by atoms with Crippen molar-refractivity contribution in [2.45, 2.75) is 48.5 Å². The molecule has 0 heterocycles. The van der Waals surface area contributed by atoms with Gasteiger partial charge in [-0.15, -0.1) is 0 Å². The van der Waals surface area contributed by atoms with Crippen LogP contribution in [-0.4, -0.2) is 20.9 Å². The van der Waals surface area contributed by atoms with Crippen LogP contribution in [0.3, 0.4) is 0 Å². The zero-order valence-electron chi connectivity index (χ0n) is 6.98. The molecular formula is C8H18Te. The Balaban J connectivity index is 3.22. The second kappa shape index (κ2) is 5.57. The fourth-order valence-corrected chi connectivity index (χ4v) is 3.95. The Kier molecular flexibility index (Phi) is 6.05. The molecule has 0 saturated carbocycles. The van der Waals surface area contributed by atoms with E-state index >= 15 is 0 Å². The predicted octanol–water partition coefficient (Wildman–Crippen LogP) is 3.13. The van der Waals surface area contributed by atoms with Crippen molar-refractivity contribution in [3.8, 4) is 0 Å². The first-order chi connectivity index (χ1) is 4.20. The summed E-state index contributed by atoms with van der Waals surface area (Å²) in [7, 11) is 0. The SMILES string of the molecule is CCC(C)[Te]C(C)CC. The Morgan fingerprint density at radius 1 is 1.00 bits per heavy atom. The molecule has 0 nitrogen and oxygen atoms in total. The molecule has 0 N–H and O–H groups in total. The third kappa shape index (κ3) is 5.24. The van der Waals surface area contributed by atoms with Crippen molar-refractivity contribution < 1.29 is 0 Å². The van der Waals surface area contributed by atoms with Gasteiger partial charge in [-0.25, -0.2) is 0 Å². The van der Waals surface area contributed by atoms with Gasteiger partial charge in [0, 0.05) is 0 Å². The second-order valence-electron chi connectivity index (χ2n) is 2.57. The van der Waals surface area contributed by atoms with Gasteiger partial charge in [0.2, 0.25) is 0 Å². The first-order valence-electron chi connectivity index (χ1n) is 3.86. The molecule has 0 aliphatic heterocycles. The van der Waals surface area contributed by atoms with Crippen molar-refractivity contribution >= 4 is 20.9 Å². The molecule has 0 aromatic carbocycles. The monoisotopic (exact) mass is 244 g/mol. The van der Waals surface area contributed by atoms with Gasteiger partial charge in [0.1, 0.15) is 0 Å². The van der Waals surface area contributed by atoms with Gasteiger partial charge >= 0.3 is 69.4 Å². The summed E-state index contributed by atoms with van der Waals surface area (Å²) in [6, 6.07) is 0. The first kappa shape index (κ1) is 9.79. The summed E-state index contributed by atoms with van der Waals surface area (Å²) >= 11 is 0.334. The van der Waals surface area contributed by atoms with Crippen LogP contribution in [0.25, 0.3) is 0 Å². The van der Waals surface area contributed by atoms with Gasteiger partial charge in [0.15, 0.2) is 0 Å². The third-order valence-electron chi connectivity index (χ3n) is 1.61. The molecule has 0 saturated heterocycles. The van der Waals surface area contributed by atoms with Crippen LogP contribution in [0.5, 0.6) is 0 Å². The van der Waals surface area contributed by atoms with Crippen LogP contribution in [0, 0.1) is 0 Å². The van der Waals surface area contributed by atoms with E-state index in [2.05, 4.69) is 27.7 Å². The van der Waals surface area contributed by atoms with Gasteiger partial charge < -0.3 is 0 Å². The Bertz CT molecular complexity index is 53.6. The maximum absolute atomic E-state index is 2.40. The molecule has 0 aromatic heterocycles. The van der Waals surface area contributed by atoms with Crippen molar-refractivity contribution in [2.75, 3.05) is 0 Å². The van der Waals surface area contributed by atoms with E-state index in [1.54, 1.807) is 0 Å². The van der Waals surface area contributed by atoms with Gasteiger partial charge in [0.05, 0.1) is 0 Å². The quantitative estimate of drug-likeness (QED) is 0.664. The summed E-state index contributed by atoms with van der Waals surface area (Å²) in [6.07, 6.45) is 2.79. The molecule has 9 heavy (non-hydrogen) atoms. The van der Waals surface area contributed by atoms with Crippen LogP contribution in [0.1, 0.15) is 40.5 Å². The van der Waals surface area contributed by atoms with E-state index in [9.17, 15) is 0 Å². The molecule has 56 valence electrons. The van der Waals surface area contributed by atoms with Crippen LogP contribution in [-0.2, 0) is 0 Å². The molecule has 1 heteroatoms. The van der Waals surface area contributed by atoms with Gasteiger partial charge in [-0.3, -0.25) is 0 Å². The average Bonchev–Trinajstić information content (AvgIpc) is 1.87. The maximum atomic E-state index is 2.40. The first-order valence-corrected chi connectivity index (χ1v) is 6.55. The van der Waals surface area contributed by atoms with Crippen LogP contribution in [0.15, 0.2) is 0 Å². The number of hydrogen-bond acceptors (Lipinski definition) is 0. The van der Waals surface area contributed by atoms with Gasteiger partial charge in [-0.2, -0.15) is 0 Å². The van der Waals surface area contributed by atoms with E-state index in [4.69, 9.17) is 0 Å². The molecule has 0 aliphatic carbocycles. The van der Waals surface area contributed by atoms with Crippen molar-refractivity contribution in [2.24, 2.45) is 0 Å². The van der Waals surface area contributed by atoms with E-state index in [-0.39, 0.29) is 0 Å². The van der Waals surface area contributed by atoms with E-state index in [1.165, 1.54) is 12.8 Å². The van der Waals surface area contributed by atoms with Gasteiger partial charge in [-0.05, 0) is 0 Å². The Morgan fingerprint density at radius 3 is 1.56 bits per heavy atom. The van der Waals surface area contributed by atoms with E-state index in [1.807, 2.05) is 0 Å². The summed E-state index contributed by atoms with van der Waals surface area (Å²) in [5.41, 5.74) is 0. The minimum absolute atomic E-state index is 0.334. The summed E-state index contributed by atoms with van der Waals surface area (Å²) < 4.78 is 2.12. The molecular weight excluding hydrogens is 224 g/mol. The summed E-state index contributed by atoms with van der Waals surface area (Å²) in [5.74, 6) is 0. The average molecular weight is 242 g/mol. The Hall–Kier alpha value is 0.790. The van der Waals surface area contributed by atoms with E-state index < -0.39 is 0 Å². The standard InChI is InChI=1S/C8H18Te/c1-5-7(3)9-8(4)6-2/h7-8H,5-6H2,1-4H3. The fourth-order valence-electron chi connectivity index (χ4n) is 0.589. The Morgan fingerprint density at radius 2 is 1.33 bits per heavy atom. The van der Waals surface area contributed by atoms with Crippen molar-refractivity contribution in [1.82, 2.24) is 0 Å². The molecule has 0 radical (unpaired) electrons. The molecule has 0 aromatic rings. The van der Waals surface area contributed by atoms with Gasteiger partial charge in [-0.1, -0.05) is 0 Å². The second-order valence-corrected chi connectivity index (χ2v) is 7.94. The van der Waals surface area contributed by atoms with Gasteiger partial charge in [0.25, 0.3) is 0 Å². The molecule has 0 rings (SSSR count). The summed E-state index contributed by atoms with van der Waals surface area (Å²) in [4.78, 5) is 0. The summed E-state index contributed by atoms with van der Waals surface area (Å²) in [6.45, 7) is 9.40. The number of hydrogen-bond donors (Lipinski definition) is 0. The van der Waals surface area contributed by atoms with E-state index in [0.29, 0.717) is 20.9 Å². The van der Waals surface area contributed by atoms with Crippen molar-refractivity contribution in [3.05, 3.63) is 0 Å². The fraction of sp³-hybridized carbons (Fsp3) is 1.00. The molecule has 2 unspecified atom stereocenters. The van der Waals surface area contributed by atoms with Crippen molar-refractivity contribution in [3.63, 3.8) is 0 Å². The van der Waals surface area contributed by atoms with Crippen LogP contribution in [0.4, 0.5) is 0 Å². The predicted molar refractivity (Wildman–Crippen MR) is 45.2 cm³/mol. The molecule has 0 amide bonds. The van der Waals surface area contributed by atoms with Crippen LogP contribution >= 0.6 is 0 Å². The summed E-state index contributed by atoms with van der Waals surface area (Å²) in [5, 5.41) is 0. The zero-order valence-corrected chi connectivity index (χ0v) is 9.31. The zero-order chi connectivity index (χ0) is 7.28. The molecule has 0 fully saturated rings.